The fraction of sp³-hybridized carbons (Fsp3) is 0.0659. The van der Waals surface area contributed by atoms with E-state index in [2.05, 4.69) is 4.98 Å². The quantitative estimate of drug-likeness (QED) is 0.0547. The largest absolute Gasteiger partial charge is 0.505 e. The molecule has 0 spiro atoms. The number of oxazole rings is 1. The molecule has 18 rings (SSSR count). The summed E-state index contributed by atoms with van der Waals surface area (Å²) in [5, 5.41) is 44.5. The van der Waals surface area contributed by atoms with Crippen LogP contribution in [-0.2, 0) is 19.6 Å². The molecule has 9 aromatic carbocycles. The average molecular weight is 1770 g/mol. The van der Waals surface area contributed by atoms with Gasteiger partial charge in [-0.15, -0.1) is 0 Å². The van der Waals surface area contributed by atoms with E-state index in [0.29, 0.717) is 75.7 Å². The number of fused-ring (bicyclic) bond motifs is 7. The molecule has 4 N–H and O–H groups in total. The van der Waals surface area contributed by atoms with Gasteiger partial charge in [-0.3, -0.25) is 23.7 Å². The molecule has 0 fully saturated rings. The van der Waals surface area contributed by atoms with Crippen LogP contribution in [0.3, 0.4) is 0 Å². The first kappa shape index (κ1) is 84.3. The maximum atomic E-state index is 13.6. The van der Waals surface area contributed by atoms with Crippen LogP contribution in [0.1, 0.15) is 33.8 Å². The molecule has 0 aliphatic heterocycles. The molecule has 32 heteroatoms. The number of pyridine rings is 4. The summed E-state index contributed by atoms with van der Waals surface area (Å²) in [7, 11) is 0. The number of hydrogen-bond donors (Lipinski definition) is 4. The van der Waals surface area contributed by atoms with Gasteiger partial charge in [0.2, 0.25) is 0 Å². The molecule has 616 valence electrons. The lowest BCUT2D eigenvalue weighted by atomic mass is 10.1. The molecule has 0 aliphatic rings. The maximum Gasteiger partial charge on any atom is 0.354 e. The van der Waals surface area contributed by atoms with E-state index >= 15 is 0 Å². The van der Waals surface area contributed by atoms with Crippen molar-refractivity contribution in [1.29, 1.82) is 0 Å². The van der Waals surface area contributed by atoms with Crippen LogP contribution in [0.15, 0.2) is 343 Å². The van der Waals surface area contributed by atoms with Crippen molar-refractivity contribution in [3.8, 4) is 28.7 Å². The number of aryl methyl sites for hydroxylation is 3. The van der Waals surface area contributed by atoms with Crippen molar-refractivity contribution >= 4 is 136 Å². The minimum atomic E-state index is -0.829. The first-order chi connectivity index (χ1) is 59.1. The number of hydrogen-bond acceptors (Lipinski definition) is 22. The van der Waals surface area contributed by atoms with Crippen molar-refractivity contribution in [2.24, 2.45) is 0 Å². The Hall–Kier alpha value is -13.8. The molecule has 0 unspecified atom stereocenters. The van der Waals surface area contributed by atoms with E-state index in [-0.39, 0.29) is 106 Å². The van der Waals surface area contributed by atoms with Gasteiger partial charge in [0.25, 0.3) is 27.5 Å². The summed E-state index contributed by atoms with van der Waals surface area (Å²) < 4.78 is 85.9. The monoisotopic (exact) mass is 1770 g/mol. The first-order valence-corrected chi connectivity index (χ1v) is 40.8. The third kappa shape index (κ3) is 18.0. The van der Waals surface area contributed by atoms with E-state index < -0.39 is 73.6 Å². The number of para-hydroxylation sites is 2. The van der Waals surface area contributed by atoms with E-state index in [4.69, 9.17) is 45.3 Å². The fourth-order valence-electron chi connectivity index (χ4n) is 13.2. The summed E-state index contributed by atoms with van der Waals surface area (Å²) >= 11 is 15.6. The van der Waals surface area contributed by atoms with Gasteiger partial charge in [0.05, 0.1) is 25.2 Å². The highest BCUT2D eigenvalue weighted by Gasteiger charge is 2.28. The second kappa shape index (κ2) is 35.9. The lowest BCUT2D eigenvalue weighted by molar-refractivity contribution is 0.443. The van der Waals surface area contributed by atoms with Crippen LogP contribution in [-0.4, -0.2) is 43.7 Å². The minimum Gasteiger partial charge on any atom is -0.505 e. The van der Waals surface area contributed by atoms with E-state index in [9.17, 15) is 76.3 Å². The van der Waals surface area contributed by atoms with Gasteiger partial charge in [-0.1, -0.05) is 156 Å². The second-order valence-electron chi connectivity index (χ2n) is 27.3. The highest BCUT2D eigenvalue weighted by atomic mass is 35.5. The summed E-state index contributed by atoms with van der Waals surface area (Å²) in [6.07, 6.45) is 0. The van der Waals surface area contributed by atoms with Crippen molar-refractivity contribution in [3.63, 3.8) is 0 Å². The smallest absolute Gasteiger partial charge is 0.354 e. The summed E-state index contributed by atoms with van der Waals surface area (Å²) in [4.78, 5) is 109. The Kier molecular flexibility index (Phi) is 24.6. The van der Waals surface area contributed by atoms with Crippen molar-refractivity contribution in [2.75, 3.05) is 0 Å². The summed E-state index contributed by atoms with van der Waals surface area (Å²) in [6, 6.07) is 64.2. The number of halogens is 6. The van der Waals surface area contributed by atoms with Crippen LogP contribution in [0, 0.1) is 44.0 Å². The van der Waals surface area contributed by atoms with Gasteiger partial charge in [0.1, 0.15) is 86.7 Å². The zero-order chi connectivity index (χ0) is 86.8. The van der Waals surface area contributed by atoms with Crippen molar-refractivity contribution < 1.29 is 60.1 Å². The zero-order valence-electron chi connectivity index (χ0n) is 63.9. The molecule has 0 saturated carbocycles. The first-order valence-electron chi connectivity index (χ1n) is 36.8. The van der Waals surface area contributed by atoms with Crippen molar-refractivity contribution in [2.45, 2.75) is 79.9 Å². The maximum absolute atomic E-state index is 13.6. The molecule has 0 bridgehead atoms. The molecule has 22 nitrogen and oxygen atoms in total. The fourth-order valence-corrected chi connectivity index (χ4v) is 17.0. The minimum absolute atomic E-state index is 0.00537. The number of rotatable bonds is 15. The molecule has 0 aliphatic carbocycles. The van der Waals surface area contributed by atoms with Crippen LogP contribution in [0.5, 0.6) is 23.0 Å². The lowest BCUT2D eigenvalue weighted by Gasteiger charge is -2.13. The summed E-state index contributed by atoms with van der Waals surface area (Å²) in [6.45, 7) is 5.57. The zero-order valence-corrected chi connectivity index (χ0v) is 68.7. The topological polar surface area (TPSA) is 316 Å². The van der Waals surface area contributed by atoms with E-state index in [1.807, 2.05) is 24.3 Å². The predicted octanol–water partition coefficient (Wildman–Crippen LogP) is 19.5. The lowest BCUT2D eigenvalue weighted by Crippen LogP contribution is -2.24. The molecular formula is C91H59Cl2F4N5O17S4. The highest BCUT2D eigenvalue weighted by Crippen LogP contribution is 2.42. The Labute approximate surface area is 716 Å². The number of aromatic nitrogens is 5. The highest BCUT2D eigenvalue weighted by molar-refractivity contribution is 8.00. The van der Waals surface area contributed by atoms with Gasteiger partial charge >= 0.3 is 22.5 Å². The van der Waals surface area contributed by atoms with Gasteiger partial charge in [-0.25, -0.2) is 41.7 Å². The normalized spacial score (nSPS) is 11.3. The van der Waals surface area contributed by atoms with Crippen LogP contribution >= 0.6 is 70.2 Å². The summed E-state index contributed by atoms with van der Waals surface area (Å²) in [5.41, 5.74) is 0.685. The third-order valence-electron chi connectivity index (χ3n) is 19.1. The molecule has 0 amide bonds. The average Bonchev–Trinajstić information content (AvgIpc) is 1.10. The molecular weight excluding hydrogens is 1710 g/mol. The Morgan fingerprint density at radius 3 is 1.20 bits per heavy atom. The van der Waals surface area contributed by atoms with Gasteiger partial charge in [0.15, 0.2) is 34.2 Å². The van der Waals surface area contributed by atoms with Crippen molar-refractivity contribution in [3.05, 3.63) is 393 Å². The molecule has 9 aromatic heterocycles. The second-order valence-corrected chi connectivity index (χ2v) is 32.4. The standard InChI is InChI=1S/C25H13ClN2O5S.C22H15ClFNO4S.C22H15F2NO4S.C22H16FNO4S/c26-13-10-11-16-18(12-13)32-25(27-16)34-22-20(29)19-21(33-24(22)31)15-8-4-5-9-17(15)28(23(19)30)14-6-2-1-3-7-14;1-12-9-17-18(21(27)25(12)11-13-5-7-15(24)8-6-13)19(26)20(22(28)29-17)30-16-4-2-3-14(23)10-16;1-12-9-17-18(21(27)25(12)11-13-5-7-14(23)8-6-13)19(26)20(22(28)29-17)30-16-4-2-3-15(24)10-16;1-13-11-17-18(21(26)24(13)12-14-7-9-15(23)10-8-14)19(25)20(22(27)28-17)29-16-5-3-2-4-6-16/h1-12,29H;2*2-10,26H,11H2,1H3;2-11,25H,12H2,1H3. The SMILES string of the molecule is Cc1cc2oc(=O)c(Sc3cccc(Cl)c3)c(O)c2c(=O)n1Cc1ccc(F)cc1.Cc1cc2oc(=O)c(Sc3cccc(F)c3)c(O)c2c(=O)n1Cc1ccc(F)cc1.Cc1cc2oc(=O)c(Sc3ccccc3)c(O)c2c(=O)n1Cc1ccc(F)cc1.O=c1oc2c(c(O)c1Sc1nc3ccc(Cl)cc3o1)c(=O)n(-c1ccccc1)c1ccccc21. The van der Waals surface area contributed by atoms with Crippen LogP contribution in [0.2, 0.25) is 10.0 Å². The molecule has 0 radical (unpaired) electrons. The molecule has 0 saturated heterocycles. The van der Waals surface area contributed by atoms with Crippen molar-refractivity contribution in [1.82, 2.24) is 23.3 Å². The van der Waals surface area contributed by atoms with E-state index in [1.165, 1.54) is 85.0 Å². The van der Waals surface area contributed by atoms with Gasteiger partial charge in [-0.05, 0) is 171 Å². The van der Waals surface area contributed by atoms with Gasteiger partial charge < -0.3 is 56.2 Å². The molecule has 18 aromatic rings. The van der Waals surface area contributed by atoms with Crippen LogP contribution in [0.4, 0.5) is 17.6 Å². The molecule has 9 heterocycles. The van der Waals surface area contributed by atoms with Crippen LogP contribution in [0.25, 0.3) is 71.6 Å². The number of nitrogens with zero attached hydrogens (tertiary/aromatic N) is 5. The molecule has 123 heavy (non-hydrogen) atoms. The summed E-state index contributed by atoms with van der Waals surface area (Å²) in [5.74, 6) is -3.47. The van der Waals surface area contributed by atoms with Crippen LogP contribution < -0.4 is 44.7 Å². The Balaban J connectivity index is 0.000000127. The van der Waals surface area contributed by atoms with E-state index in [0.717, 1.165) is 57.5 Å². The number of aromatic hydroxyl groups is 4. The number of benzene rings is 9. The predicted molar refractivity (Wildman–Crippen MR) is 463 cm³/mol. The Bertz CT molecular complexity index is 7530. The Morgan fingerprint density at radius 1 is 0.350 bits per heavy atom. The third-order valence-corrected chi connectivity index (χ3v) is 23.7. The molecule has 0 atom stereocenters. The van der Waals surface area contributed by atoms with E-state index in [1.54, 1.807) is 172 Å². The van der Waals surface area contributed by atoms with Gasteiger partial charge in [-0.2, -0.15) is 0 Å². The van der Waals surface area contributed by atoms with Gasteiger partial charge in [0, 0.05) is 77.2 Å². The Morgan fingerprint density at radius 2 is 0.740 bits per heavy atom.